The molecule has 0 unspecified atom stereocenters. The van der Waals surface area contributed by atoms with Crippen molar-refractivity contribution in [3.63, 3.8) is 0 Å². The zero-order chi connectivity index (χ0) is 21.2. The summed E-state index contributed by atoms with van der Waals surface area (Å²) in [5, 5.41) is 6.55. The van der Waals surface area contributed by atoms with E-state index in [1.807, 2.05) is 54.6 Å². The molecule has 1 aromatic heterocycles. The molecule has 8 nitrogen and oxygen atoms in total. The van der Waals surface area contributed by atoms with Crippen LogP contribution in [0, 0.1) is 0 Å². The zero-order valence-electron chi connectivity index (χ0n) is 15.9. The van der Waals surface area contributed by atoms with E-state index in [9.17, 15) is 9.59 Å². The standard InChI is InChI=1S/C21H20BrN5O3/c22-17-8-4-7-16(9-17)11-25-27-20(28)19(10-18-12-23-14-24-18)26-21(29)30-13-15-5-2-1-3-6-15/h1-9,11-12,14,19H,10,13H2,(H,23,24)(H,26,29)(H,27,28)/b25-11-/t19-/m1/s1. The third kappa shape index (κ3) is 6.85. The fraction of sp³-hybridized carbons (Fsp3) is 0.143. The van der Waals surface area contributed by atoms with Gasteiger partial charge in [-0.2, -0.15) is 5.10 Å². The molecule has 9 heteroatoms. The lowest BCUT2D eigenvalue weighted by Crippen LogP contribution is -2.47. The summed E-state index contributed by atoms with van der Waals surface area (Å²) in [7, 11) is 0. The minimum atomic E-state index is -0.895. The van der Waals surface area contributed by atoms with Gasteiger partial charge in [0, 0.05) is 22.8 Å². The number of carbonyl (C=O) groups excluding carboxylic acids is 2. The number of imidazole rings is 1. The Labute approximate surface area is 181 Å². The van der Waals surface area contributed by atoms with E-state index in [1.165, 1.54) is 12.5 Å². The van der Waals surface area contributed by atoms with E-state index < -0.39 is 18.0 Å². The minimum Gasteiger partial charge on any atom is -0.445 e. The Balaban J connectivity index is 1.59. The number of halogens is 1. The molecule has 30 heavy (non-hydrogen) atoms. The summed E-state index contributed by atoms with van der Waals surface area (Å²) in [6.07, 6.45) is 4.11. The number of nitrogens with one attached hydrogen (secondary N) is 3. The van der Waals surface area contributed by atoms with Gasteiger partial charge in [-0.1, -0.05) is 58.4 Å². The van der Waals surface area contributed by atoms with Gasteiger partial charge in [0.15, 0.2) is 0 Å². The summed E-state index contributed by atoms with van der Waals surface area (Å²) < 4.78 is 6.12. The van der Waals surface area contributed by atoms with Crippen molar-refractivity contribution in [1.82, 2.24) is 20.7 Å². The van der Waals surface area contributed by atoms with Crippen molar-refractivity contribution in [1.29, 1.82) is 0 Å². The van der Waals surface area contributed by atoms with E-state index in [4.69, 9.17) is 4.74 Å². The van der Waals surface area contributed by atoms with Gasteiger partial charge in [0.05, 0.1) is 12.5 Å². The fourth-order valence-corrected chi connectivity index (χ4v) is 2.98. The van der Waals surface area contributed by atoms with Crippen LogP contribution in [0.2, 0.25) is 0 Å². The maximum Gasteiger partial charge on any atom is 0.408 e. The quantitative estimate of drug-likeness (QED) is 0.347. The summed E-state index contributed by atoms with van der Waals surface area (Å²) in [4.78, 5) is 31.7. The molecule has 0 aliphatic heterocycles. The number of aromatic amines is 1. The minimum absolute atomic E-state index is 0.103. The van der Waals surface area contributed by atoms with Gasteiger partial charge in [-0.25, -0.2) is 15.2 Å². The van der Waals surface area contributed by atoms with Crippen molar-refractivity contribution in [2.24, 2.45) is 5.10 Å². The number of hydrogen-bond acceptors (Lipinski definition) is 5. The van der Waals surface area contributed by atoms with Crippen molar-refractivity contribution in [2.45, 2.75) is 19.1 Å². The maximum absolute atomic E-state index is 12.6. The molecular weight excluding hydrogens is 450 g/mol. The van der Waals surface area contributed by atoms with Gasteiger partial charge in [0.25, 0.3) is 5.91 Å². The Morgan fingerprint density at radius 3 is 2.77 bits per heavy atom. The number of nitrogens with zero attached hydrogens (tertiary/aromatic N) is 2. The number of hydrogen-bond donors (Lipinski definition) is 3. The Bertz CT molecular complexity index is 993. The molecule has 0 fully saturated rings. The van der Waals surface area contributed by atoms with Crippen LogP contribution in [0.4, 0.5) is 4.79 Å². The van der Waals surface area contributed by atoms with E-state index in [-0.39, 0.29) is 13.0 Å². The molecule has 0 aliphatic rings. The molecule has 3 rings (SSSR count). The van der Waals surface area contributed by atoms with Crippen molar-refractivity contribution < 1.29 is 14.3 Å². The van der Waals surface area contributed by atoms with Crippen LogP contribution in [0.5, 0.6) is 0 Å². The highest BCUT2D eigenvalue weighted by Crippen LogP contribution is 2.10. The van der Waals surface area contributed by atoms with Gasteiger partial charge >= 0.3 is 6.09 Å². The largest absolute Gasteiger partial charge is 0.445 e. The van der Waals surface area contributed by atoms with Crippen LogP contribution in [0.3, 0.4) is 0 Å². The first-order valence-electron chi connectivity index (χ1n) is 9.13. The Morgan fingerprint density at radius 2 is 2.03 bits per heavy atom. The average molecular weight is 470 g/mol. The average Bonchev–Trinajstić information content (AvgIpc) is 3.26. The number of amides is 2. The lowest BCUT2D eigenvalue weighted by atomic mass is 10.1. The van der Waals surface area contributed by atoms with Crippen LogP contribution < -0.4 is 10.7 Å². The predicted octanol–water partition coefficient (Wildman–Crippen LogP) is 3.16. The maximum atomic E-state index is 12.6. The van der Waals surface area contributed by atoms with Gasteiger partial charge in [0.1, 0.15) is 12.6 Å². The van der Waals surface area contributed by atoms with Gasteiger partial charge in [-0.3, -0.25) is 4.79 Å². The Morgan fingerprint density at radius 1 is 1.20 bits per heavy atom. The van der Waals surface area contributed by atoms with E-state index in [0.29, 0.717) is 5.69 Å². The number of H-pyrrole nitrogens is 1. The molecule has 0 saturated carbocycles. The van der Waals surface area contributed by atoms with Crippen molar-refractivity contribution in [3.05, 3.63) is 88.4 Å². The first kappa shape index (κ1) is 21.3. The molecule has 2 amide bonds. The smallest absolute Gasteiger partial charge is 0.408 e. The van der Waals surface area contributed by atoms with E-state index in [0.717, 1.165) is 15.6 Å². The fourth-order valence-electron chi connectivity index (χ4n) is 2.57. The molecule has 1 heterocycles. The lowest BCUT2D eigenvalue weighted by molar-refractivity contribution is -0.123. The number of hydrazone groups is 1. The van der Waals surface area contributed by atoms with E-state index >= 15 is 0 Å². The molecule has 3 N–H and O–H groups in total. The highest BCUT2D eigenvalue weighted by molar-refractivity contribution is 9.10. The van der Waals surface area contributed by atoms with Crippen LogP contribution in [0.15, 0.2) is 76.7 Å². The second-order valence-corrected chi connectivity index (χ2v) is 7.24. The van der Waals surface area contributed by atoms with Crippen LogP contribution in [-0.4, -0.2) is 34.2 Å². The van der Waals surface area contributed by atoms with Gasteiger partial charge < -0.3 is 15.0 Å². The highest BCUT2D eigenvalue weighted by atomic mass is 79.9. The molecule has 0 bridgehead atoms. The second-order valence-electron chi connectivity index (χ2n) is 6.33. The summed E-state index contributed by atoms with van der Waals surface area (Å²) in [5.74, 6) is -0.479. The van der Waals surface area contributed by atoms with Gasteiger partial charge in [-0.05, 0) is 23.3 Å². The molecule has 0 radical (unpaired) electrons. The zero-order valence-corrected chi connectivity index (χ0v) is 17.5. The molecule has 3 aromatic rings. The molecule has 154 valence electrons. The number of alkyl carbamates (subject to hydrolysis) is 1. The van der Waals surface area contributed by atoms with Crippen LogP contribution in [0.25, 0.3) is 0 Å². The number of aromatic nitrogens is 2. The van der Waals surface area contributed by atoms with E-state index in [2.05, 4.69) is 41.7 Å². The Hall–Kier alpha value is -3.46. The van der Waals surface area contributed by atoms with Crippen molar-refractivity contribution >= 4 is 34.1 Å². The van der Waals surface area contributed by atoms with Crippen molar-refractivity contribution in [2.75, 3.05) is 0 Å². The molecule has 0 saturated heterocycles. The molecular formula is C21H20BrN5O3. The summed E-state index contributed by atoms with van der Waals surface area (Å²) in [6.45, 7) is 0.103. The molecule has 0 spiro atoms. The first-order chi connectivity index (χ1) is 14.6. The normalized spacial score (nSPS) is 11.8. The predicted molar refractivity (Wildman–Crippen MR) is 116 cm³/mol. The lowest BCUT2D eigenvalue weighted by Gasteiger charge is -2.16. The number of rotatable bonds is 8. The van der Waals surface area contributed by atoms with Crippen LogP contribution in [0.1, 0.15) is 16.8 Å². The van der Waals surface area contributed by atoms with Crippen LogP contribution in [-0.2, 0) is 22.6 Å². The number of carbonyl (C=O) groups is 2. The first-order valence-corrected chi connectivity index (χ1v) is 9.92. The van der Waals surface area contributed by atoms with Gasteiger partial charge in [-0.15, -0.1) is 0 Å². The summed E-state index contributed by atoms with van der Waals surface area (Å²) >= 11 is 3.38. The Kier molecular flexibility index (Phi) is 7.73. The van der Waals surface area contributed by atoms with Crippen LogP contribution >= 0.6 is 15.9 Å². The molecule has 0 aliphatic carbocycles. The number of ether oxygens (including phenoxy) is 1. The van der Waals surface area contributed by atoms with E-state index in [1.54, 1.807) is 6.20 Å². The molecule has 1 atom stereocenters. The summed E-state index contributed by atoms with van der Waals surface area (Å²) in [5.41, 5.74) is 4.80. The monoisotopic (exact) mass is 469 g/mol. The van der Waals surface area contributed by atoms with Gasteiger partial charge in [0.2, 0.25) is 0 Å². The topological polar surface area (TPSA) is 108 Å². The summed E-state index contributed by atoms with van der Waals surface area (Å²) in [6, 6.07) is 15.8. The number of benzene rings is 2. The SMILES string of the molecule is O=C(N[C@H](Cc1cnc[nH]1)C(=O)N/N=C\c1cccc(Br)c1)OCc1ccccc1. The highest BCUT2D eigenvalue weighted by Gasteiger charge is 2.22. The second kappa shape index (κ2) is 10.9. The third-order valence-electron chi connectivity index (χ3n) is 4.04. The van der Waals surface area contributed by atoms with Crippen molar-refractivity contribution in [3.8, 4) is 0 Å². The third-order valence-corrected chi connectivity index (χ3v) is 4.53. The molecule has 2 aromatic carbocycles.